The molecule has 1 nitrogen and oxygen atoms in total. The molecule has 2 aliphatic carbocycles. The molecule has 0 aromatic carbocycles. The Morgan fingerprint density at radius 2 is 1.79 bits per heavy atom. The molecule has 1 heteroatoms. The van der Waals surface area contributed by atoms with Crippen LogP contribution in [0.5, 0.6) is 0 Å². The van der Waals surface area contributed by atoms with Crippen LogP contribution in [0.2, 0.25) is 0 Å². The van der Waals surface area contributed by atoms with E-state index in [1.807, 2.05) is 0 Å². The molecule has 0 aromatic rings. The lowest BCUT2D eigenvalue weighted by Gasteiger charge is -2.36. The predicted molar refractivity (Wildman–Crippen MR) is 59.1 cm³/mol. The molecule has 0 aliphatic heterocycles. The Kier molecular flexibility index (Phi) is 3.48. The standard InChI is InChI=1S/C13H24O/c1-2-10-7-8-13(14)12(9-10)11-5-3-4-6-11/h10-14H,2-9H2,1H3. The van der Waals surface area contributed by atoms with Crippen LogP contribution < -0.4 is 0 Å². The quantitative estimate of drug-likeness (QED) is 0.718. The fourth-order valence-electron chi connectivity index (χ4n) is 3.54. The first-order chi connectivity index (χ1) is 6.81. The van der Waals surface area contributed by atoms with Gasteiger partial charge in [-0.3, -0.25) is 0 Å². The first kappa shape index (κ1) is 10.5. The fraction of sp³-hybridized carbons (Fsp3) is 1.00. The minimum Gasteiger partial charge on any atom is -0.393 e. The van der Waals surface area contributed by atoms with Crippen LogP contribution in [0.15, 0.2) is 0 Å². The van der Waals surface area contributed by atoms with Crippen molar-refractivity contribution >= 4 is 0 Å². The third-order valence-electron chi connectivity index (χ3n) is 4.55. The van der Waals surface area contributed by atoms with Crippen LogP contribution in [0.25, 0.3) is 0 Å². The lowest BCUT2D eigenvalue weighted by Crippen LogP contribution is -2.33. The van der Waals surface area contributed by atoms with Gasteiger partial charge >= 0.3 is 0 Å². The third-order valence-corrected chi connectivity index (χ3v) is 4.55. The summed E-state index contributed by atoms with van der Waals surface area (Å²) in [6, 6.07) is 0. The maximum absolute atomic E-state index is 10.0. The number of hydrogen-bond acceptors (Lipinski definition) is 1. The second-order valence-corrected chi connectivity index (χ2v) is 5.36. The Morgan fingerprint density at radius 1 is 1.07 bits per heavy atom. The molecule has 0 aromatic heterocycles. The van der Waals surface area contributed by atoms with Gasteiger partial charge in [0.2, 0.25) is 0 Å². The number of aliphatic hydroxyl groups excluding tert-OH is 1. The average Bonchev–Trinajstić information content (AvgIpc) is 2.71. The fourth-order valence-corrected chi connectivity index (χ4v) is 3.54. The molecule has 2 rings (SSSR count). The summed E-state index contributed by atoms with van der Waals surface area (Å²) >= 11 is 0. The van der Waals surface area contributed by atoms with Crippen LogP contribution in [-0.2, 0) is 0 Å². The van der Waals surface area contributed by atoms with Gasteiger partial charge in [0.1, 0.15) is 0 Å². The molecule has 0 bridgehead atoms. The molecular formula is C13H24O. The maximum Gasteiger partial charge on any atom is 0.0571 e. The third kappa shape index (κ3) is 2.13. The topological polar surface area (TPSA) is 20.2 Å². The summed E-state index contributed by atoms with van der Waals surface area (Å²) in [6.07, 6.45) is 10.6. The van der Waals surface area contributed by atoms with Gasteiger partial charge in [-0.2, -0.15) is 0 Å². The van der Waals surface area contributed by atoms with Crippen molar-refractivity contribution in [2.45, 2.75) is 64.4 Å². The Morgan fingerprint density at radius 3 is 2.43 bits per heavy atom. The SMILES string of the molecule is CCC1CCC(O)C(C2CCCC2)C1. The molecule has 3 unspecified atom stereocenters. The van der Waals surface area contributed by atoms with E-state index in [1.54, 1.807) is 0 Å². The summed E-state index contributed by atoms with van der Waals surface area (Å²) < 4.78 is 0. The lowest BCUT2D eigenvalue weighted by molar-refractivity contribution is 0.0173. The molecule has 0 spiro atoms. The Hall–Kier alpha value is -0.0400. The molecule has 2 saturated carbocycles. The summed E-state index contributed by atoms with van der Waals surface area (Å²) in [7, 11) is 0. The van der Waals surface area contributed by atoms with Gasteiger partial charge < -0.3 is 5.11 Å². The van der Waals surface area contributed by atoms with Crippen LogP contribution in [0.4, 0.5) is 0 Å². The van der Waals surface area contributed by atoms with Crippen molar-refractivity contribution in [2.24, 2.45) is 17.8 Å². The van der Waals surface area contributed by atoms with E-state index in [2.05, 4.69) is 6.92 Å². The average molecular weight is 196 g/mol. The number of aliphatic hydroxyl groups is 1. The van der Waals surface area contributed by atoms with Crippen LogP contribution in [0.3, 0.4) is 0 Å². The highest BCUT2D eigenvalue weighted by atomic mass is 16.3. The molecule has 0 amide bonds. The summed E-state index contributed by atoms with van der Waals surface area (Å²) in [4.78, 5) is 0. The maximum atomic E-state index is 10.0. The second kappa shape index (κ2) is 4.65. The number of hydrogen-bond donors (Lipinski definition) is 1. The molecule has 0 saturated heterocycles. The van der Waals surface area contributed by atoms with Gasteiger partial charge in [0.05, 0.1) is 6.10 Å². The van der Waals surface area contributed by atoms with Gasteiger partial charge in [0, 0.05) is 0 Å². The van der Waals surface area contributed by atoms with Gasteiger partial charge in [0.25, 0.3) is 0 Å². The van der Waals surface area contributed by atoms with Crippen LogP contribution in [-0.4, -0.2) is 11.2 Å². The second-order valence-electron chi connectivity index (χ2n) is 5.36. The van der Waals surface area contributed by atoms with Crippen molar-refractivity contribution in [3.63, 3.8) is 0 Å². The van der Waals surface area contributed by atoms with E-state index >= 15 is 0 Å². The minimum absolute atomic E-state index is 0.0286. The normalized spacial score (nSPS) is 40.3. The summed E-state index contributed by atoms with van der Waals surface area (Å²) in [5, 5.41) is 10.0. The smallest absolute Gasteiger partial charge is 0.0571 e. The van der Waals surface area contributed by atoms with Crippen LogP contribution in [0, 0.1) is 17.8 Å². The van der Waals surface area contributed by atoms with E-state index in [1.165, 1.54) is 44.9 Å². The van der Waals surface area contributed by atoms with E-state index in [0.29, 0.717) is 5.92 Å². The van der Waals surface area contributed by atoms with Gasteiger partial charge in [0.15, 0.2) is 0 Å². The largest absolute Gasteiger partial charge is 0.393 e. The van der Waals surface area contributed by atoms with E-state index in [0.717, 1.165) is 18.3 Å². The first-order valence-electron chi connectivity index (χ1n) is 6.49. The highest BCUT2D eigenvalue weighted by molar-refractivity contribution is 4.86. The summed E-state index contributed by atoms with van der Waals surface area (Å²) in [5.41, 5.74) is 0. The monoisotopic (exact) mass is 196 g/mol. The number of rotatable bonds is 2. The van der Waals surface area contributed by atoms with Crippen molar-refractivity contribution in [1.29, 1.82) is 0 Å². The van der Waals surface area contributed by atoms with Crippen molar-refractivity contribution < 1.29 is 5.11 Å². The van der Waals surface area contributed by atoms with E-state index in [4.69, 9.17) is 0 Å². The molecule has 0 radical (unpaired) electrons. The van der Waals surface area contributed by atoms with Crippen molar-refractivity contribution in [1.82, 2.24) is 0 Å². The van der Waals surface area contributed by atoms with Gasteiger partial charge in [-0.05, 0) is 37.0 Å². The van der Waals surface area contributed by atoms with Crippen LogP contribution >= 0.6 is 0 Å². The van der Waals surface area contributed by atoms with Gasteiger partial charge in [-0.1, -0.05) is 39.0 Å². The highest BCUT2D eigenvalue weighted by Crippen LogP contribution is 2.41. The van der Waals surface area contributed by atoms with Crippen molar-refractivity contribution in [3.8, 4) is 0 Å². The lowest BCUT2D eigenvalue weighted by atomic mass is 9.72. The van der Waals surface area contributed by atoms with Gasteiger partial charge in [-0.25, -0.2) is 0 Å². The molecule has 82 valence electrons. The predicted octanol–water partition coefficient (Wildman–Crippen LogP) is 3.36. The Balaban J connectivity index is 1.93. The zero-order valence-corrected chi connectivity index (χ0v) is 9.41. The van der Waals surface area contributed by atoms with Crippen molar-refractivity contribution in [2.75, 3.05) is 0 Å². The first-order valence-corrected chi connectivity index (χ1v) is 6.49. The zero-order valence-electron chi connectivity index (χ0n) is 9.41. The molecule has 2 fully saturated rings. The summed E-state index contributed by atoms with van der Waals surface area (Å²) in [6.45, 7) is 2.30. The highest BCUT2D eigenvalue weighted by Gasteiger charge is 2.35. The Labute approximate surface area is 87.9 Å². The molecule has 1 N–H and O–H groups in total. The summed E-state index contributed by atoms with van der Waals surface area (Å²) in [5.74, 6) is 2.42. The van der Waals surface area contributed by atoms with E-state index < -0.39 is 0 Å². The molecule has 3 atom stereocenters. The zero-order chi connectivity index (χ0) is 9.97. The molecule has 14 heavy (non-hydrogen) atoms. The van der Waals surface area contributed by atoms with Crippen LogP contribution in [0.1, 0.15) is 58.3 Å². The van der Waals surface area contributed by atoms with Crippen molar-refractivity contribution in [3.05, 3.63) is 0 Å². The van der Waals surface area contributed by atoms with E-state index in [-0.39, 0.29) is 6.10 Å². The van der Waals surface area contributed by atoms with Gasteiger partial charge in [-0.15, -0.1) is 0 Å². The molecule has 2 aliphatic rings. The Bertz CT molecular complexity index is 172. The molecular weight excluding hydrogens is 172 g/mol. The molecule has 0 heterocycles. The van der Waals surface area contributed by atoms with E-state index in [9.17, 15) is 5.11 Å². The minimum atomic E-state index is 0.0286.